The SMILES string of the molecule is Cc1ccc(C(N)CCN(C)Cc2cccnc2)cc1. The molecule has 1 heterocycles. The van der Waals surface area contributed by atoms with Crippen molar-refractivity contribution in [1.82, 2.24) is 9.88 Å². The fourth-order valence-electron chi connectivity index (χ4n) is 2.22. The van der Waals surface area contributed by atoms with Crippen molar-refractivity contribution in [1.29, 1.82) is 0 Å². The van der Waals surface area contributed by atoms with Crippen LogP contribution in [-0.4, -0.2) is 23.5 Å². The lowest BCUT2D eigenvalue weighted by atomic mass is 10.0. The number of nitrogens with two attached hydrogens (primary N) is 1. The Hall–Kier alpha value is -1.71. The van der Waals surface area contributed by atoms with Crippen LogP contribution < -0.4 is 5.73 Å². The molecule has 2 rings (SSSR count). The molecule has 0 radical (unpaired) electrons. The van der Waals surface area contributed by atoms with Crippen LogP contribution in [-0.2, 0) is 6.54 Å². The molecular weight excluding hydrogens is 246 g/mol. The van der Waals surface area contributed by atoms with Crippen LogP contribution in [0.15, 0.2) is 48.8 Å². The van der Waals surface area contributed by atoms with Crippen LogP contribution in [0.4, 0.5) is 0 Å². The highest BCUT2D eigenvalue weighted by molar-refractivity contribution is 5.23. The predicted octanol–water partition coefficient (Wildman–Crippen LogP) is 2.91. The molecule has 1 atom stereocenters. The Balaban J connectivity index is 1.81. The summed E-state index contributed by atoms with van der Waals surface area (Å²) in [6.45, 7) is 3.98. The summed E-state index contributed by atoms with van der Waals surface area (Å²) in [7, 11) is 2.12. The van der Waals surface area contributed by atoms with Crippen molar-refractivity contribution < 1.29 is 0 Å². The first-order valence-corrected chi connectivity index (χ1v) is 7.05. The minimum atomic E-state index is 0.104. The third-order valence-electron chi connectivity index (χ3n) is 3.50. The van der Waals surface area contributed by atoms with Crippen molar-refractivity contribution in [3.05, 3.63) is 65.5 Å². The monoisotopic (exact) mass is 269 g/mol. The second-order valence-corrected chi connectivity index (χ2v) is 5.40. The van der Waals surface area contributed by atoms with E-state index in [0.717, 1.165) is 19.5 Å². The molecule has 0 saturated heterocycles. The fraction of sp³-hybridized carbons (Fsp3) is 0.353. The van der Waals surface area contributed by atoms with E-state index in [-0.39, 0.29) is 6.04 Å². The lowest BCUT2D eigenvalue weighted by molar-refractivity contribution is 0.311. The quantitative estimate of drug-likeness (QED) is 0.876. The first-order valence-electron chi connectivity index (χ1n) is 7.05. The Morgan fingerprint density at radius 1 is 1.20 bits per heavy atom. The van der Waals surface area contributed by atoms with E-state index >= 15 is 0 Å². The minimum absolute atomic E-state index is 0.104. The van der Waals surface area contributed by atoms with Crippen LogP contribution in [0, 0.1) is 6.92 Å². The number of benzene rings is 1. The van der Waals surface area contributed by atoms with E-state index < -0.39 is 0 Å². The molecule has 1 aromatic heterocycles. The van der Waals surface area contributed by atoms with Crippen molar-refractivity contribution in [2.24, 2.45) is 5.73 Å². The molecule has 0 saturated carbocycles. The van der Waals surface area contributed by atoms with Crippen molar-refractivity contribution in [2.45, 2.75) is 25.9 Å². The van der Waals surface area contributed by atoms with E-state index in [1.165, 1.54) is 16.7 Å². The summed E-state index contributed by atoms with van der Waals surface area (Å²) in [6, 6.07) is 12.7. The second kappa shape index (κ2) is 7.17. The molecule has 2 aromatic rings. The Bertz CT molecular complexity index is 508. The number of hydrogen-bond acceptors (Lipinski definition) is 3. The van der Waals surface area contributed by atoms with Gasteiger partial charge in [-0.1, -0.05) is 35.9 Å². The Morgan fingerprint density at radius 3 is 2.60 bits per heavy atom. The number of pyridine rings is 1. The summed E-state index contributed by atoms with van der Waals surface area (Å²) in [6.07, 6.45) is 4.67. The first kappa shape index (κ1) is 14.7. The van der Waals surface area contributed by atoms with Gasteiger partial charge >= 0.3 is 0 Å². The van der Waals surface area contributed by atoms with E-state index in [1.54, 1.807) is 6.20 Å². The smallest absolute Gasteiger partial charge is 0.0312 e. The maximum absolute atomic E-state index is 6.25. The van der Waals surface area contributed by atoms with E-state index in [4.69, 9.17) is 5.73 Å². The summed E-state index contributed by atoms with van der Waals surface area (Å²) in [5.74, 6) is 0. The molecular formula is C17H23N3. The molecule has 106 valence electrons. The van der Waals surface area contributed by atoms with Crippen LogP contribution >= 0.6 is 0 Å². The average Bonchev–Trinajstić information content (AvgIpc) is 2.46. The number of rotatable bonds is 6. The molecule has 3 nitrogen and oxygen atoms in total. The topological polar surface area (TPSA) is 42.1 Å². The highest BCUT2D eigenvalue weighted by Gasteiger charge is 2.08. The Morgan fingerprint density at radius 2 is 1.95 bits per heavy atom. The maximum Gasteiger partial charge on any atom is 0.0312 e. The summed E-state index contributed by atoms with van der Waals surface area (Å²) >= 11 is 0. The van der Waals surface area contributed by atoms with E-state index in [2.05, 4.69) is 54.2 Å². The minimum Gasteiger partial charge on any atom is -0.324 e. The highest BCUT2D eigenvalue weighted by Crippen LogP contribution is 2.15. The molecule has 2 N–H and O–H groups in total. The van der Waals surface area contributed by atoms with E-state index in [1.807, 2.05) is 12.3 Å². The molecule has 3 heteroatoms. The van der Waals surface area contributed by atoms with Crippen LogP contribution in [0.2, 0.25) is 0 Å². The molecule has 0 aliphatic carbocycles. The third-order valence-corrected chi connectivity index (χ3v) is 3.50. The second-order valence-electron chi connectivity index (χ2n) is 5.40. The zero-order valence-electron chi connectivity index (χ0n) is 12.3. The normalized spacial score (nSPS) is 12.6. The van der Waals surface area contributed by atoms with Gasteiger partial charge in [-0.2, -0.15) is 0 Å². The molecule has 0 aliphatic heterocycles. The molecule has 0 aliphatic rings. The summed E-state index contributed by atoms with van der Waals surface area (Å²) in [4.78, 5) is 6.42. The van der Waals surface area contributed by atoms with Gasteiger partial charge in [0.15, 0.2) is 0 Å². The molecule has 0 amide bonds. The lowest BCUT2D eigenvalue weighted by Gasteiger charge is -2.19. The molecule has 0 fully saturated rings. The van der Waals surface area contributed by atoms with Gasteiger partial charge in [-0.15, -0.1) is 0 Å². The van der Waals surface area contributed by atoms with Crippen molar-refractivity contribution in [3.63, 3.8) is 0 Å². The van der Waals surface area contributed by atoms with E-state index in [9.17, 15) is 0 Å². The van der Waals surface area contributed by atoms with Crippen molar-refractivity contribution >= 4 is 0 Å². The van der Waals surface area contributed by atoms with Crippen LogP contribution in [0.5, 0.6) is 0 Å². The van der Waals surface area contributed by atoms with Gasteiger partial charge in [0, 0.05) is 25.0 Å². The predicted molar refractivity (Wildman–Crippen MR) is 83.3 cm³/mol. The van der Waals surface area contributed by atoms with Gasteiger partial charge in [-0.05, 0) is 44.1 Å². The van der Waals surface area contributed by atoms with Crippen LogP contribution in [0.3, 0.4) is 0 Å². The van der Waals surface area contributed by atoms with Crippen LogP contribution in [0.25, 0.3) is 0 Å². The Labute approximate surface area is 121 Å². The number of aryl methyl sites for hydroxylation is 1. The summed E-state index contributed by atoms with van der Waals surface area (Å²) in [5, 5.41) is 0. The summed E-state index contributed by atoms with van der Waals surface area (Å²) < 4.78 is 0. The van der Waals surface area contributed by atoms with Gasteiger partial charge in [0.1, 0.15) is 0 Å². The standard InChI is InChI=1S/C17H23N3/c1-14-5-7-16(8-6-14)17(18)9-11-20(2)13-15-4-3-10-19-12-15/h3-8,10,12,17H,9,11,13,18H2,1-2H3. The highest BCUT2D eigenvalue weighted by atomic mass is 15.1. The first-order chi connectivity index (χ1) is 9.65. The van der Waals surface area contributed by atoms with Gasteiger partial charge in [-0.25, -0.2) is 0 Å². The maximum atomic E-state index is 6.25. The fourth-order valence-corrected chi connectivity index (χ4v) is 2.22. The van der Waals surface area contributed by atoms with Crippen LogP contribution in [0.1, 0.15) is 29.2 Å². The Kier molecular flexibility index (Phi) is 5.27. The number of hydrogen-bond donors (Lipinski definition) is 1. The molecule has 1 aromatic carbocycles. The van der Waals surface area contributed by atoms with Gasteiger partial charge < -0.3 is 10.6 Å². The third kappa shape index (κ3) is 4.44. The molecule has 1 unspecified atom stereocenters. The van der Waals surface area contributed by atoms with Crippen molar-refractivity contribution in [3.8, 4) is 0 Å². The zero-order chi connectivity index (χ0) is 14.4. The van der Waals surface area contributed by atoms with Gasteiger partial charge in [0.05, 0.1) is 0 Å². The number of aromatic nitrogens is 1. The molecule has 20 heavy (non-hydrogen) atoms. The number of nitrogens with zero attached hydrogens (tertiary/aromatic N) is 2. The zero-order valence-corrected chi connectivity index (χ0v) is 12.3. The van der Waals surface area contributed by atoms with Gasteiger partial charge in [0.25, 0.3) is 0 Å². The molecule has 0 spiro atoms. The van der Waals surface area contributed by atoms with Gasteiger partial charge in [0.2, 0.25) is 0 Å². The van der Waals surface area contributed by atoms with Gasteiger partial charge in [-0.3, -0.25) is 4.98 Å². The molecule has 0 bridgehead atoms. The lowest BCUT2D eigenvalue weighted by Crippen LogP contribution is -2.23. The average molecular weight is 269 g/mol. The van der Waals surface area contributed by atoms with E-state index in [0.29, 0.717) is 0 Å². The summed E-state index contributed by atoms with van der Waals surface area (Å²) in [5.41, 5.74) is 9.97. The largest absolute Gasteiger partial charge is 0.324 e. The van der Waals surface area contributed by atoms with Crippen molar-refractivity contribution in [2.75, 3.05) is 13.6 Å².